The van der Waals surface area contributed by atoms with Crippen LogP contribution in [0.25, 0.3) is 0 Å². The van der Waals surface area contributed by atoms with Crippen LogP contribution in [0.3, 0.4) is 0 Å². The quantitative estimate of drug-likeness (QED) is 0.392. The van der Waals surface area contributed by atoms with E-state index in [1.54, 1.807) is 18.2 Å². The van der Waals surface area contributed by atoms with Gasteiger partial charge in [-0.3, -0.25) is 4.79 Å². The van der Waals surface area contributed by atoms with Gasteiger partial charge in [0.2, 0.25) is 6.29 Å². The number of methoxy groups -OCH3 is 1. The van der Waals surface area contributed by atoms with Gasteiger partial charge >= 0.3 is 5.97 Å². The van der Waals surface area contributed by atoms with Crippen LogP contribution in [0.2, 0.25) is 0 Å². The number of esters is 1. The van der Waals surface area contributed by atoms with E-state index in [1.807, 2.05) is 0 Å². The van der Waals surface area contributed by atoms with E-state index in [2.05, 4.69) is 4.74 Å². The Kier molecular flexibility index (Phi) is 6.13. The molecule has 2 aliphatic rings. The molecule has 0 radical (unpaired) electrons. The molecule has 0 aromatic heterocycles. The summed E-state index contributed by atoms with van der Waals surface area (Å²) in [7, 11) is 1.06. The second kappa shape index (κ2) is 8.87. The van der Waals surface area contributed by atoms with Gasteiger partial charge in [0.05, 0.1) is 13.5 Å². The molecule has 5 N–H and O–H groups in total. The van der Waals surface area contributed by atoms with E-state index in [4.69, 9.17) is 14.2 Å². The average molecular weight is 462 g/mol. The zero-order valence-electron chi connectivity index (χ0n) is 17.3. The molecule has 33 heavy (non-hydrogen) atoms. The number of carbonyl (C=O) groups is 2. The van der Waals surface area contributed by atoms with Gasteiger partial charge in [-0.2, -0.15) is 0 Å². The molecule has 2 heterocycles. The van der Waals surface area contributed by atoms with Crippen molar-refractivity contribution in [3.8, 4) is 23.0 Å². The first-order valence-electron chi connectivity index (χ1n) is 10.00. The number of aliphatic hydroxyl groups is 3. The van der Waals surface area contributed by atoms with E-state index in [9.17, 15) is 35.1 Å². The number of phenols is 2. The van der Waals surface area contributed by atoms with Gasteiger partial charge in [-0.05, 0) is 6.07 Å². The minimum Gasteiger partial charge on any atom is -0.508 e. The molecule has 0 spiro atoms. The Bertz CT molecular complexity index is 1070. The smallest absolute Gasteiger partial charge is 0.337 e. The lowest BCUT2D eigenvalue weighted by atomic mass is 9.95. The fraction of sp³-hybridized carbons (Fsp3) is 0.364. The van der Waals surface area contributed by atoms with Crippen molar-refractivity contribution in [1.82, 2.24) is 0 Å². The third-order valence-electron chi connectivity index (χ3n) is 5.51. The number of aliphatic hydroxyl groups excluding tert-OH is 3. The summed E-state index contributed by atoms with van der Waals surface area (Å²) < 4.78 is 21.1. The Labute approximate surface area is 187 Å². The maximum Gasteiger partial charge on any atom is 0.337 e. The van der Waals surface area contributed by atoms with Gasteiger partial charge < -0.3 is 44.5 Å². The average Bonchev–Trinajstić information content (AvgIpc) is 2.78. The number of Topliss-reactive ketones (excluding diaryl/α,β-unsaturated/α-hetero) is 1. The third-order valence-corrected chi connectivity index (χ3v) is 5.51. The molecule has 0 amide bonds. The molecule has 0 saturated carbocycles. The predicted molar refractivity (Wildman–Crippen MR) is 108 cm³/mol. The zero-order valence-corrected chi connectivity index (χ0v) is 17.3. The predicted octanol–water partition coefficient (Wildman–Crippen LogP) is 0.164. The van der Waals surface area contributed by atoms with Crippen molar-refractivity contribution in [3.05, 3.63) is 47.5 Å². The zero-order chi connectivity index (χ0) is 23.9. The largest absolute Gasteiger partial charge is 0.508 e. The number of fused-ring (bicyclic) bond motifs is 1. The number of aromatic hydroxyl groups is 2. The van der Waals surface area contributed by atoms with Crippen LogP contribution < -0.4 is 9.47 Å². The van der Waals surface area contributed by atoms with E-state index >= 15 is 0 Å². The fourth-order valence-corrected chi connectivity index (χ4v) is 3.81. The second-order valence-electron chi connectivity index (χ2n) is 7.65. The van der Waals surface area contributed by atoms with Crippen molar-refractivity contribution in [2.45, 2.75) is 43.2 Å². The molecular formula is C22H22O11. The number of benzene rings is 2. The number of carbonyl (C=O) groups excluding carboxylic acids is 2. The SMILES string of the molecule is COC(=O)C1OC(Oc2cc(O)c3c(c2)OC(c2ccccc2O)CC3=O)C(O)C(O)C1O. The van der Waals surface area contributed by atoms with Crippen LogP contribution in [0.4, 0.5) is 0 Å². The normalized spacial score (nSPS) is 29.0. The number of phenolic OH excluding ortho intramolecular Hbond substituents is 2. The van der Waals surface area contributed by atoms with Crippen molar-refractivity contribution in [2.24, 2.45) is 0 Å². The molecule has 1 saturated heterocycles. The van der Waals surface area contributed by atoms with Crippen molar-refractivity contribution < 1.29 is 54.1 Å². The molecule has 1 fully saturated rings. The monoisotopic (exact) mass is 462 g/mol. The maximum atomic E-state index is 12.6. The van der Waals surface area contributed by atoms with E-state index in [-0.39, 0.29) is 29.2 Å². The lowest BCUT2D eigenvalue weighted by Crippen LogP contribution is -2.61. The highest BCUT2D eigenvalue weighted by atomic mass is 16.7. The molecule has 11 heteroatoms. The first-order chi connectivity index (χ1) is 15.7. The van der Waals surface area contributed by atoms with Crippen LogP contribution in [0.1, 0.15) is 28.4 Å². The van der Waals surface area contributed by atoms with Crippen LogP contribution in [-0.4, -0.2) is 75.1 Å². The van der Waals surface area contributed by atoms with Crippen molar-refractivity contribution in [3.63, 3.8) is 0 Å². The van der Waals surface area contributed by atoms with Crippen LogP contribution >= 0.6 is 0 Å². The molecule has 4 rings (SSSR count). The summed E-state index contributed by atoms with van der Waals surface area (Å²) in [6.07, 6.45) is -9.50. The first-order valence-corrected chi connectivity index (χ1v) is 10.00. The van der Waals surface area contributed by atoms with Crippen molar-refractivity contribution in [2.75, 3.05) is 7.11 Å². The molecule has 6 unspecified atom stereocenters. The van der Waals surface area contributed by atoms with Gasteiger partial charge in [-0.1, -0.05) is 18.2 Å². The van der Waals surface area contributed by atoms with Gasteiger partial charge in [0.15, 0.2) is 11.9 Å². The number of ether oxygens (including phenoxy) is 4. The minimum atomic E-state index is -1.79. The fourth-order valence-electron chi connectivity index (χ4n) is 3.81. The van der Waals surface area contributed by atoms with Gasteiger partial charge in [-0.25, -0.2) is 4.79 Å². The Morgan fingerprint density at radius 1 is 1.03 bits per heavy atom. The van der Waals surface area contributed by atoms with Gasteiger partial charge in [0, 0.05) is 17.7 Å². The highest BCUT2D eigenvalue weighted by Gasteiger charge is 2.48. The molecule has 176 valence electrons. The number of hydrogen-bond donors (Lipinski definition) is 5. The van der Waals surface area contributed by atoms with Gasteiger partial charge in [0.25, 0.3) is 0 Å². The van der Waals surface area contributed by atoms with Crippen LogP contribution in [0, 0.1) is 0 Å². The van der Waals surface area contributed by atoms with E-state index in [0.29, 0.717) is 5.56 Å². The first kappa shape index (κ1) is 22.8. The molecule has 0 bridgehead atoms. The second-order valence-corrected chi connectivity index (χ2v) is 7.65. The Morgan fingerprint density at radius 3 is 2.45 bits per heavy atom. The molecule has 2 aromatic rings. The summed E-state index contributed by atoms with van der Waals surface area (Å²) >= 11 is 0. The Hall–Kier alpha value is -3.38. The molecular weight excluding hydrogens is 440 g/mol. The maximum absolute atomic E-state index is 12.6. The van der Waals surface area contributed by atoms with Crippen LogP contribution in [0.15, 0.2) is 36.4 Å². The van der Waals surface area contributed by atoms with Gasteiger partial charge in [-0.15, -0.1) is 0 Å². The summed E-state index contributed by atoms with van der Waals surface area (Å²) in [6, 6.07) is 8.70. The van der Waals surface area contributed by atoms with Crippen LogP contribution in [0.5, 0.6) is 23.0 Å². The molecule has 2 aromatic carbocycles. The summed E-state index contributed by atoms with van der Waals surface area (Å²) in [5.74, 6) is -2.09. The number of para-hydroxylation sites is 1. The summed E-state index contributed by atoms with van der Waals surface area (Å²) in [4.78, 5) is 24.5. The van der Waals surface area contributed by atoms with E-state index in [0.717, 1.165) is 13.2 Å². The number of hydrogen-bond acceptors (Lipinski definition) is 11. The van der Waals surface area contributed by atoms with Gasteiger partial charge in [0.1, 0.15) is 53.0 Å². The lowest BCUT2D eigenvalue weighted by Gasteiger charge is -2.39. The summed E-state index contributed by atoms with van der Waals surface area (Å²) in [5.41, 5.74) is 0.299. The van der Waals surface area contributed by atoms with Crippen LogP contribution in [-0.2, 0) is 14.3 Å². The molecule has 0 aliphatic carbocycles. The van der Waals surface area contributed by atoms with E-state index in [1.165, 1.54) is 12.1 Å². The lowest BCUT2D eigenvalue weighted by molar-refractivity contribution is -0.271. The topological polar surface area (TPSA) is 172 Å². The minimum absolute atomic E-state index is 0.0371. The third kappa shape index (κ3) is 4.18. The summed E-state index contributed by atoms with van der Waals surface area (Å²) in [6.45, 7) is 0. The van der Waals surface area contributed by atoms with Crippen molar-refractivity contribution in [1.29, 1.82) is 0 Å². The summed E-state index contributed by atoms with van der Waals surface area (Å²) in [5, 5.41) is 50.8. The highest BCUT2D eigenvalue weighted by Crippen LogP contribution is 2.43. The molecule has 2 aliphatic heterocycles. The number of ketones is 1. The molecule has 6 atom stereocenters. The molecule has 11 nitrogen and oxygen atoms in total. The Morgan fingerprint density at radius 2 is 1.76 bits per heavy atom. The van der Waals surface area contributed by atoms with E-state index < -0.39 is 54.3 Å². The highest BCUT2D eigenvalue weighted by molar-refractivity contribution is 6.02. The standard InChI is InChI=1S/C22H22O11/c1-30-21(29)20-18(27)17(26)19(28)22(33-20)31-9-6-12(24)16-13(25)8-14(32-15(16)7-9)10-4-2-3-5-11(10)23/h2-7,14,17-20,22-24,26-28H,8H2,1H3. The Balaban J connectivity index is 1.61. The van der Waals surface area contributed by atoms with Crippen molar-refractivity contribution >= 4 is 11.8 Å². The number of rotatable bonds is 4.